The van der Waals surface area contributed by atoms with Crippen LogP contribution in [-0.2, 0) is 4.79 Å². The van der Waals surface area contributed by atoms with Crippen LogP contribution in [0.1, 0.15) is 25.7 Å². The van der Waals surface area contributed by atoms with E-state index in [1.807, 2.05) is 4.90 Å². The van der Waals surface area contributed by atoms with E-state index >= 15 is 0 Å². The normalized spacial score (nSPS) is 24.4. The van der Waals surface area contributed by atoms with Crippen molar-refractivity contribution < 1.29 is 4.79 Å². The summed E-state index contributed by atoms with van der Waals surface area (Å²) in [5.41, 5.74) is 5.91. The van der Waals surface area contributed by atoms with Crippen molar-refractivity contribution in [1.82, 2.24) is 14.7 Å². The molecule has 0 aromatic rings. The maximum absolute atomic E-state index is 12.2. The Labute approximate surface area is 116 Å². The molecule has 0 radical (unpaired) electrons. The van der Waals surface area contributed by atoms with Crippen LogP contribution in [0.5, 0.6) is 0 Å². The molecule has 1 amide bonds. The minimum absolute atomic E-state index is 0.222. The maximum atomic E-state index is 12.2. The molecule has 2 aliphatic heterocycles. The van der Waals surface area contributed by atoms with E-state index in [4.69, 9.17) is 5.73 Å². The molecule has 0 aromatic heterocycles. The van der Waals surface area contributed by atoms with E-state index in [0.717, 1.165) is 52.1 Å². The fraction of sp³-hybridized carbons (Fsp3) is 0.929. The van der Waals surface area contributed by atoms with Gasteiger partial charge in [-0.25, -0.2) is 0 Å². The molecule has 0 bridgehead atoms. The molecule has 19 heavy (non-hydrogen) atoms. The average Bonchev–Trinajstić information content (AvgIpc) is 2.86. The van der Waals surface area contributed by atoms with E-state index in [1.54, 1.807) is 0 Å². The number of likely N-dealkylation sites (N-methyl/N-ethyl adjacent to an activating group) is 1. The minimum Gasteiger partial charge on any atom is -0.343 e. The molecule has 0 saturated carbocycles. The molecule has 2 N–H and O–H groups in total. The lowest BCUT2D eigenvalue weighted by molar-refractivity contribution is -0.131. The van der Waals surface area contributed by atoms with Crippen molar-refractivity contribution >= 4 is 5.91 Å². The summed E-state index contributed by atoms with van der Waals surface area (Å²) >= 11 is 0. The third-order valence-corrected chi connectivity index (χ3v) is 4.41. The first-order valence-electron chi connectivity index (χ1n) is 7.61. The maximum Gasteiger partial charge on any atom is 0.224 e. The van der Waals surface area contributed by atoms with Gasteiger partial charge in [0.25, 0.3) is 0 Å². The molecule has 2 fully saturated rings. The fourth-order valence-corrected chi connectivity index (χ4v) is 3.09. The molecule has 2 rings (SSSR count). The number of amides is 1. The number of carbonyl (C=O) groups is 1. The van der Waals surface area contributed by atoms with Crippen molar-refractivity contribution in [3.63, 3.8) is 0 Å². The van der Waals surface area contributed by atoms with E-state index in [2.05, 4.69) is 16.8 Å². The van der Waals surface area contributed by atoms with Gasteiger partial charge in [-0.05, 0) is 39.4 Å². The second kappa shape index (κ2) is 7.22. The predicted molar refractivity (Wildman–Crippen MR) is 77.0 cm³/mol. The topological polar surface area (TPSA) is 52.8 Å². The Balaban J connectivity index is 1.85. The van der Waals surface area contributed by atoms with Crippen molar-refractivity contribution in [2.45, 2.75) is 31.7 Å². The number of likely N-dealkylation sites (tertiary alicyclic amines) is 1. The summed E-state index contributed by atoms with van der Waals surface area (Å²) in [6.45, 7) is 6.80. The van der Waals surface area contributed by atoms with Gasteiger partial charge in [0.05, 0.1) is 0 Å². The quantitative estimate of drug-likeness (QED) is 0.777. The highest BCUT2D eigenvalue weighted by molar-refractivity contribution is 5.77. The third-order valence-electron chi connectivity index (χ3n) is 4.41. The first-order valence-corrected chi connectivity index (χ1v) is 7.61. The zero-order valence-corrected chi connectivity index (χ0v) is 12.2. The van der Waals surface area contributed by atoms with Crippen LogP contribution < -0.4 is 5.73 Å². The predicted octanol–water partition coefficient (Wildman–Crippen LogP) is -0.0363. The van der Waals surface area contributed by atoms with Crippen LogP contribution in [0.3, 0.4) is 0 Å². The van der Waals surface area contributed by atoms with Gasteiger partial charge in [0, 0.05) is 45.2 Å². The Morgan fingerprint density at radius 2 is 1.79 bits per heavy atom. The lowest BCUT2D eigenvalue weighted by Crippen LogP contribution is -2.45. The number of hydrogen-bond donors (Lipinski definition) is 1. The Morgan fingerprint density at radius 3 is 2.47 bits per heavy atom. The molecule has 110 valence electrons. The van der Waals surface area contributed by atoms with Crippen LogP contribution in [0.4, 0.5) is 0 Å². The molecular formula is C14H28N4O. The number of nitrogens with zero attached hydrogens (tertiary/aromatic N) is 3. The zero-order valence-electron chi connectivity index (χ0n) is 12.2. The highest BCUT2D eigenvalue weighted by atomic mass is 16.2. The number of rotatable bonds is 4. The second-order valence-electron chi connectivity index (χ2n) is 5.87. The third kappa shape index (κ3) is 4.16. The average molecular weight is 268 g/mol. The molecule has 5 heteroatoms. The van der Waals surface area contributed by atoms with Crippen molar-refractivity contribution in [3.8, 4) is 0 Å². The summed E-state index contributed by atoms with van der Waals surface area (Å²) in [7, 11) is 2.16. The molecule has 0 spiro atoms. The fourth-order valence-electron chi connectivity index (χ4n) is 3.09. The van der Waals surface area contributed by atoms with Crippen LogP contribution >= 0.6 is 0 Å². The largest absolute Gasteiger partial charge is 0.343 e. The van der Waals surface area contributed by atoms with Gasteiger partial charge in [-0.15, -0.1) is 0 Å². The van der Waals surface area contributed by atoms with Gasteiger partial charge in [0.2, 0.25) is 5.91 Å². The monoisotopic (exact) mass is 268 g/mol. The highest BCUT2D eigenvalue weighted by Crippen LogP contribution is 2.13. The zero-order chi connectivity index (χ0) is 13.7. The SMILES string of the molecule is CN1CCCN(C(CN)CC(=O)N2CCCC2)CC1. The Hall–Kier alpha value is -0.650. The first-order chi connectivity index (χ1) is 9.20. The number of nitrogens with two attached hydrogens (primary N) is 1. The molecule has 0 aromatic carbocycles. The van der Waals surface area contributed by atoms with Crippen molar-refractivity contribution in [2.75, 3.05) is 52.9 Å². The van der Waals surface area contributed by atoms with Gasteiger partial charge in [0.1, 0.15) is 0 Å². The van der Waals surface area contributed by atoms with Crippen molar-refractivity contribution in [3.05, 3.63) is 0 Å². The van der Waals surface area contributed by atoms with Crippen LogP contribution in [0.15, 0.2) is 0 Å². The molecule has 1 unspecified atom stereocenters. The summed E-state index contributed by atoms with van der Waals surface area (Å²) in [4.78, 5) is 19.0. The first kappa shape index (κ1) is 14.8. The summed E-state index contributed by atoms with van der Waals surface area (Å²) in [6.07, 6.45) is 4.09. The lowest BCUT2D eigenvalue weighted by Gasteiger charge is -2.30. The number of carbonyl (C=O) groups excluding carboxylic acids is 1. The van der Waals surface area contributed by atoms with Crippen LogP contribution in [0, 0.1) is 0 Å². The molecule has 0 aliphatic carbocycles. The Kier molecular flexibility index (Phi) is 5.60. The minimum atomic E-state index is 0.222. The molecule has 5 nitrogen and oxygen atoms in total. The van der Waals surface area contributed by atoms with Crippen LogP contribution in [-0.4, -0.2) is 79.5 Å². The Bertz CT molecular complexity index is 291. The van der Waals surface area contributed by atoms with Gasteiger partial charge < -0.3 is 15.5 Å². The molecular weight excluding hydrogens is 240 g/mol. The summed E-state index contributed by atoms with van der Waals surface area (Å²) in [5, 5.41) is 0. The van der Waals surface area contributed by atoms with E-state index in [0.29, 0.717) is 18.9 Å². The number of hydrogen-bond acceptors (Lipinski definition) is 4. The Morgan fingerprint density at radius 1 is 1.05 bits per heavy atom. The van der Waals surface area contributed by atoms with Gasteiger partial charge in [0.15, 0.2) is 0 Å². The van der Waals surface area contributed by atoms with Gasteiger partial charge in [-0.1, -0.05) is 0 Å². The van der Waals surface area contributed by atoms with Crippen molar-refractivity contribution in [1.29, 1.82) is 0 Å². The van der Waals surface area contributed by atoms with Crippen LogP contribution in [0.25, 0.3) is 0 Å². The molecule has 2 aliphatic rings. The van der Waals surface area contributed by atoms with E-state index < -0.39 is 0 Å². The van der Waals surface area contributed by atoms with Crippen LogP contribution in [0.2, 0.25) is 0 Å². The van der Waals surface area contributed by atoms with Crippen molar-refractivity contribution in [2.24, 2.45) is 5.73 Å². The van der Waals surface area contributed by atoms with E-state index in [9.17, 15) is 4.79 Å². The summed E-state index contributed by atoms with van der Waals surface area (Å²) in [6, 6.07) is 0.222. The molecule has 1 atom stereocenters. The van der Waals surface area contributed by atoms with Gasteiger partial charge in [-0.3, -0.25) is 9.69 Å². The second-order valence-corrected chi connectivity index (χ2v) is 5.87. The van der Waals surface area contributed by atoms with E-state index in [1.165, 1.54) is 6.42 Å². The summed E-state index contributed by atoms with van der Waals surface area (Å²) in [5.74, 6) is 0.297. The standard InChI is InChI=1S/C14H28N4O/c1-16-5-4-8-17(10-9-16)13(12-15)11-14(19)18-6-2-3-7-18/h13H,2-12,15H2,1H3. The van der Waals surface area contributed by atoms with Gasteiger partial charge in [-0.2, -0.15) is 0 Å². The van der Waals surface area contributed by atoms with E-state index in [-0.39, 0.29) is 6.04 Å². The highest BCUT2D eigenvalue weighted by Gasteiger charge is 2.25. The lowest BCUT2D eigenvalue weighted by atomic mass is 10.1. The summed E-state index contributed by atoms with van der Waals surface area (Å²) < 4.78 is 0. The van der Waals surface area contributed by atoms with Gasteiger partial charge >= 0.3 is 0 Å². The molecule has 2 saturated heterocycles. The molecule has 2 heterocycles. The smallest absolute Gasteiger partial charge is 0.224 e.